The average Bonchev–Trinajstić information content (AvgIpc) is 3.12. The van der Waals surface area contributed by atoms with E-state index in [1.807, 2.05) is 56.3 Å². The third-order valence-electron chi connectivity index (χ3n) is 4.39. The Bertz CT molecular complexity index is 938. The van der Waals surface area contributed by atoms with E-state index in [1.54, 1.807) is 17.5 Å². The molecule has 8 heteroatoms. The van der Waals surface area contributed by atoms with Crippen LogP contribution in [0.5, 0.6) is 11.6 Å². The molecule has 3 aromatic rings. The summed E-state index contributed by atoms with van der Waals surface area (Å²) in [5.74, 6) is 2.16. The van der Waals surface area contributed by atoms with Gasteiger partial charge in [0.05, 0.1) is 18.8 Å². The van der Waals surface area contributed by atoms with Crippen molar-refractivity contribution in [1.29, 1.82) is 0 Å². The van der Waals surface area contributed by atoms with E-state index in [0.29, 0.717) is 32.2 Å². The molecule has 0 atom stereocenters. The molecule has 164 valence electrons. The first kappa shape index (κ1) is 22.6. The second kappa shape index (κ2) is 11.9. The minimum atomic E-state index is 0.434. The lowest BCUT2D eigenvalue weighted by molar-refractivity contribution is 0.212. The molecule has 2 aromatic heterocycles. The van der Waals surface area contributed by atoms with Crippen molar-refractivity contribution in [3.63, 3.8) is 0 Å². The number of nitrogens with zero attached hydrogens (tertiary/aromatic N) is 3. The van der Waals surface area contributed by atoms with Gasteiger partial charge in [0.1, 0.15) is 24.0 Å². The van der Waals surface area contributed by atoms with Gasteiger partial charge in [-0.1, -0.05) is 24.3 Å². The van der Waals surface area contributed by atoms with Crippen LogP contribution in [0.25, 0.3) is 0 Å². The Morgan fingerprint density at radius 3 is 2.52 bits per heavy atom. The predicted molar refractivity (Wildman–Crippen MR) is 125 cm³/mol. The smallest absolute Gasteiger partial charge is 0.213 e. The zero-order valence-corrected chi connectivity index (χ0v) is 19.0. The third-order valence-corrected chi connectivity index (χ3v) is 5.46. The van der Waals surface area contributed by atoms with Crippen LogP contribution in [-0.2, 0) is 13.1 Å². The van der Waals surface area contributed by atoms with Crippen molar-refractivity contribution in [3.8, 4) is 11.6 Å². The summed E-state index contributed by atoms with van der Waals surface area (Å²) >= 11 is 1.71. The molecule has 2 N–H and O–H groups in total. The molecule has 0 bridgehead atoms. The van der Waals surface area contributed by atoms with Gasteiger partial charge in [0.15, 0.2) is 5.96 Å². The summed E-state index contributed by atoms with van der Waals surface area (Å²) in [5.41, 5.74) is 2.09. The summed E-state index contributed by atoms with van der Waals surface area (Å²) < 4.78 is 11.3. The Morgan fingerprint density at radius 2 is 1.84 bits per heavy atom. The van der Waals surface area contributed by atoms with E-state index in [4.69, 9.17) is 9.47 Å². The third kappa shape index (κ3) is 7.57. The Kier molecular flexibility index (Phi) is 8.66. The van der Waals surface area contributed by atoms with Crippen LogP contribution in [0.4, 0.5) is 0 Å². The Morgan fingerprint density at radius 1 is 1.03 bits per heavy atom. The molecule has 0 unspecified atom stereocenters. The van der Waals surface area contributed by atoms with Crippen LogP contribution in [0.1, 0.15) is 28.1 Å². The maximum Gasteiger partial charge on any atom is 0.213 e. The molecule has 31 heavy (non-hydrogen) atoms. The number of guanidine groups is 1. The number of hydrogen-bond acceptors (Lipinski definition) is 6. The van der Waals surface area contributed by atoms with Crippen LogP contribution in [0.2, 0.25) is 0 Å². The fraction of sp³-hybridized carbons (Fsp3) is 0.348. The summed E-state index contributed by atoms with van der Waals surface area (Å²) in [7, 11) is 0. The minimum absolute atomic E-state index is 0.434. The molecule has 0 amide bonds. The van der Waals surface area contributed by atoms with Gasteiger partial charge >= 0.3 is 0 Å². The fourth-order valence-corrected chi connectivity index (χ4v) is 3.57. The van der Waals surface area contributed by atoms with Crippen molar-refractivity contribution in [1.82, 2.24) is 20.6 Å². The van der Waals surface area contributed by atoms with Crippen molar-refractivity contribution in [2.75, 3.05) is 19.8 Å². The van der Waals surface area contributed by atoms with E-state index in [0.717, 1.165) is 34.5 Å². The van der Waals surface area contributed by atoms with Gasteiger partial charge in [-0.2, -0.15) is 0 Å². The average molecular weight is 440 g/mol. The summed E-state index contributed by atoms with van der Waals surface area (Å²) in [4.78, 5) is 14.8. The standard InChI is InChI=1S/C23H29N5O2S/c1-4-24-23(27-16-22-28-17(2)18(3)31-22)26-15-19-10-11-21(25-14-19)30-13-12-29-20-8-6-5-7-9-20/h5-11,14H,4,12-13,15-16H2,1-3H3,(H2,24,26,27). The fourth-order valence-electron chi connectivity index (χ4n) is 2.70. The van der Waals surface area contributed by atoms with Crippen molar-refractivity contribution in [2.45, 2.75) is 33.9 Å². The summed E-state index contributed by atoms with van der Waals surface area (Å²) in [6.07, 6.45) is 1.79. The van der Waals surface area contributed by atoms with Gasteiger partial charge in [-0.3, -0.25) is 0 Å². The number of hydrogen-bond donors (Lipinski definition) is 2. The zero-order chi connectivity index (χ0) is 21.9. The quantitative estimate of drug-likeness (QED) is 0.284. The van der Waals surface area contributed by atoms with E-state index in [1.165, 1.54) is 4.88 Å². The van der Waals surface area contributed by atoms with E-state index in [9.17, 15) is 0 Å². The van der Waals surface area contributed by atoms with Gasteiger partial charge in [-0.25, -0.2) is 15.0 Å². The van der Waals surface area contributed by atoms with Gasteiger partial charge in [-0.15, -0.1) is 11.3 Å². The van der Waals surface area contributed by atoms with Crippen molar-refractivity contribution in [3.05, 3.63) is 69.8 Å². The van der Waals surface area contributed by atoms with E-state index in [-0.39, 0.29) is 0 Å². The molecule has 0 saturated heterocycles. The van der Waals surface area contributed by atoms with Crippen LogP contribution in [0.3, 0.4) is 0 Å². The number of aromatic nitrogens is 2. The first-order valence-corrected chi connectivity index (χ1v) is 11.2. The van der Waals surface area contributed by atoms with E-state index < -0.39 is 0 Å². The first-order chi connectivity index (χ1) is 15.1. The lowest BCUT2D eigenvalue weighted by atomic mass is 10.3. The second-order valence-electron chi connectivity index (χ2n) is 6.81. The SMILES string of the molecule is CCNC(=NCc1ccc(OCCOc2ccccc2)nc1)NCc1nc(C)c(C)s1. The Balaban J connectivity index is 1.44. The van der Waals surface area contributed by atoms with Crippen molar-refractivity contribution in [2.24, 2.45) is 4.99 Å². The van der Waals surface area contributed by atoms with Crippen molar-refractivity contribution < 1.29 is 9.47 Å². The molecule has 0 aliphatic heterocycles. The molecule has 0 fully saturated rings. The van der Waals surface area contributed by atoms with Crippen LogP contribution in [0, 0.1) is 13.8 Å². The summed E-state index contributed by atoms with van der Waals surface area (Å²) in [6, 6.07) is 13.5. The minimum Gasteiger partial charge on any atom is -0.490 e. The first-order valence-electron chi connectivity index (χ1n) is 10.3. The van der Waals surface area contributed by atoms with Crippen LogP contribution < -0.4 is 20.1 Å². The topological polar surface area (TPSA) is 80.7 Å². The van der Waals surface area contributed by atoms with Crippen LogP contribution in [-0.4, -0.2) is 35.7 Å². The van der Waals surface area contributed by atoms with Crippen LogP contribution in [0.15, 0.2) is 53.7 Å². The molecular formula is C23H29N5O2S. The highest BCUT2D eigenvalue weighted by molar-refractivity contribution is 7.11. The number of rotatable bonds is 10. The second-order valence-corrected chi connectivity index (χ2v) is 8.10. The lowest BCUT2D eigenvalue weighted by Gasteiger charge is -2.10. The monoisotopic (exact) mass is 439 g/mol. The molecule has 0 aliphatic rings. The molecule has 0 radical (unpaired) electrons. The molecule has 2 heterocycles. The molecule has 3 rings (SSSR count). The van der Waals surface area contributed by atoms with Gasteiger partial charge in [0.25, 0.3) is 0 Å². The number of pyridine rings is 1. The number of para-hydroxylation sites is 1. The molecule has 0 saturated carbocycles. The van der Waals surface area contributed by atoms with E-state index >= 15 is 0 Å². The molecular weight excluding hydrogens is 410 g/mol. The number of nitrogens with one attached hydrogen (secondary N) is 2. The Labute approximate surface area is 187 Å². The van der Waals surface area contributed by atoms with Crippen molar-refractivity contribution >= 4 is 17.3 Å². The lowest BCUT2D eigenvalue weighted by Crippen LogP contribution is -2.36. The highest BCUT2D eigenvalue weighted by atomic mass is 32.1. The number of benzene rings is 1. The van der Waals surface area contributed by atoms with Crippen LogP contribution >= 0.6 is 11.3 Å². The largest absolute Gasteiger partial charge is 0.490 e. The number of aliphatic imine (C=N–C) groups is 1. The maximum atomic E-state index is 5.64. The van der Waals surface area contributed by atoms with Gasteiger partial charge in [0.2, 0.25) is 5.88 Å². The number of ether oxygens (including phenoxy) is 2. The summed E-state index contributed by atoms with van der Waals surface area (Å²) in [6.45, 7) is 9.04. The highest BCUT2D eigenvalue weighted by Crippen LogP contribution is 2.16. The van der Waals surface area contributed by atoms with Gasteiger partial charge < -0.3 is 20.1 Å². The molecule has 1 aromatic carbocycles. The van der Waals surface area contributed by atoms with Gasteiger partial charge in [-0.05, 0) is 38.5 Å². The molecule has 0 spiro atoms. The zero-order valence-electron chi connectivity index (χ0n) is 18.2. The van der Waals surface area contributed by atoms with Gasteiger partial charge in [0, 0.05) is 23.7 Å². The predicted octanol–water partition coefficient (Wildman–Crippen LogP) is 3.87. The highest BCUT2D eigenvalue weighted by Gasteiger charge is 2.05. The maximum absolute atomic E-state index is 5.64. The summed E-state index contributed by atoms with van der Waals surface area (Å²) in [5, 5.41) is 7.65. The Hall–Kier alpha value is -3.13. The molecule has 0 aliphatic carbocycles. The normalized spacial score (nSPS) is 11.3. The molecule has 7 nitrogen and oxygen atoms in total. The van der Waals surface area contributed by atoms with E-state index in [2.05, 4.69) is 32.5 Å². The number of aryl methyl sites for hydroxylation is 2. The number of thiazole rings is 1.